The van der Waals surface area contributed by atoms with Crippen LogP contribution in [0.1, 0.15) is 34.1 Å². The van der Waals surface area contributed by atoms with Gasteiger partial charge in [0.05, 0.1) is 0 Å². The fourth-order valence-corrected chi connectivity index (χ4v) is 6.58. The minimum atomic E-state index is -2.48. The van der Waals surface area contributed by atoms with E-state index in [1.54, 1.807) is 7.11 Å². The van der Waals surface area contributed by atoms with Gasteiger partial charge in [-0.05, 0) is 0 Å². The summed E-state index contributed by atoms with van der Waals surface area (Å²) in [6.45, 7) is 8.73. The van der Waals surface area contributed by atoms with E-state index in [1.807, 2.05) is 6.92 Å². The Morgan fingerprint density at radius 1 is 0.864 bits per heavy atom. The SMILES string of the molecule is CCOCCP(CC)(CC)(CC)OC(=O)CCOCCOC. The van der Waals surface area contributed by atoms with Gasteiger partial charge in [0.1, 0.15) is 0 Å². The molecule has 5 nitrogen and oxygen atoms in total. The zero-order valence-corrected chi connectivity index (χ0v) is 16.0. The van der Waals surface area contributed by atoms with Crippen LogP contribution in [0, 0.1) is 0 Å². The summed E-state index contributed by atoms with van der Waals surface area (Å²) < 4.78 is 21.9. The number of carbonyl (C=O) groups is 1. The topological polar surface area (TPSA) is 54.0 Å². The summed E-state index contributed by atoms with van der Waals surface area (Å²) in [5.41, 5.74) is 0. The first-order chi connectivity index (χ1) is 10.5. The van der Waals surface area contributed by atoms with Gasteiger partial charge in [-0.15, -0.1) is 0 Å². The van der Waals surface area contributed by atoms with E-state index in [9.17, 15) is 4.79 Å². The third-order valence-electron chi connectivity index (χ3n) is 4.65. The summed E-state index contributed by atoms with van der Waals surface area (Å²) in [4.78, 5) is 12.3. The molecule has 0 unspecified atom stereocenters. The molecule has 0 atom stereocenters. The molecule has 0 spiro atoms. The molecule has 0 N–H and O–H groups in total. The third kappa shape index (κ3) is 6.91. The van der Waals surface area contributed by atoms with Crippen molar-refractivity contribution in [2.45, 2.75) is 34.1 Å². The van der Waals surface area contributed by atoms with E-state index in [2.05, 4.69) is 20.8 Å². The van der Waals surface area contributed by atoms with Crippen molar-refractivity contribution >= 4 is 12.8 Å². The maximum atomic E-state index is 12.3. The molecule has 134 valence electrons. The molecule has 0 aromatic carbocycles. The van der Waals surface area contributed by atoms with Crippen LogP contribution in [0.15, 0.2) is 0 Å². The Labute approximate surface area is 136 Å². The average molecular weight is 338 g/mol. The van der Waals surface area contributed by atoms with Gasteiger partial charge in [-0.2, -0.15) is 0 Å². The first kappa shape index (κ1) is 21.8. The van der Waals surface area contributed by atoms with Crippen molar-refractivity contribution < 1.29 is 23.5 Å². The van der Waals surface area contributed by atoms with Gasteiger partial charge in [-0.25, -0.2) is 0 Å². The van der Waals surface area contributed by atoms with Crippen LogP contribution in [0.5, 0.6) is 0 Å². The number of methoxy groups -OCH3 is 1. The van der Waals surface area contributed by atoms with Crippen LogP contribution in [-0.4, -0.2) is 70.8 Å². The van der Waals surface area contributed by atoms with Gasteiger partial charge in [0.25, 0.3) is 0 Å². The van der Waals surface area contributed by atoms with Crippen molar-refractivity contribution in [1.29, 1.82) is 0 Å². The van der Waals surface area contributed by atoms with Gasteiger partial charge in [0.15, 0.2) is 0 Å². The molecule has 0 radical (unpaired) electrons. The van der Waals surface area contributed by atoms with E-state index < -0.39 is 6.83 Å². The van der Waals surface area contributed by atoms with E-state index in [4.69, 9.17) is 18.7 Å². The van der Waals surface area contributed by atoms with Crippen molar-refractivity contribution in [1.82, 2.24) is 0 Å². The molecule has 0 aromatic heterocycles. The molecule has 0 heterocycles. The molecule has 0 aliphatic rings. The molecule has 0 amide bonds. The zero-order valence-electron chi connectivity index (χ0n) is 15.1. The number of ether oxygens (including phenoxy) is 3. The third-order valence-corrected chi connectivity index (χ3v) is 11.5. The molecular weight excluding hydrogens is 303 g/mol. The molecule has 0 bridgehead atoms. The second kappa shape index (κ2) is 11.3. The summed E-state index contributed by atoms with van der Waals surface area (Å²) in [6.07, 6.45) is 3.92. The quantitative estimate of drug-likeness (QED) is 0.360. The fourth-order valence-electron chi connectivity index (χ4n) is 2.56. The van der Waals surface area contributed by atoms with Gasteiger partial charge in [-0.3, -0.25) is 0 Å². The van der Waals surface area contributed by atoms with Crippen LogP contribution in [0.25, 0.3) is 0 Å². The van der Waals surface area contributed by atoms with E-state index in [-0.39, 0.29) is 5.97 Å². The Morgan fingerprint density at radius 2 is 1.50 bits per heavy atom. The number of hydrogen-bond acceptors (Lipinski definition) is 5. The molecule has 0 fully saturated rings. The minimum absolute atomic E-state index is 0.142. The Bertz CT molecular complexity index is 294. The van der Waals surface area contributed by atoms with Crippen molar-refractivity contribution in [3.05, 3.63) is 0 Å². The van der Waals surface area contributed by atoms with Gasteiger partial charge in [-0.1, -0.05) is 0 Å². The second-order valence-corrected chi connectivity index (χ2v) is 11.8. The standard InChI is InChI=1S/C16H35O5P/c1-6-19-14-15-22(7-2,8-3,9-4)21-16(17)10-11-20-13-12-18-5/h6-15H2,1-5H3. The second-order valence-electron chi connectivity index (χ2n) is 5.55. The predicted octanol–water partition coefficient (Wildman–Crippen LogP) is 3.15. The zero-order chi connectivity index (χ0) is 16.9. The molecule has 0 aromatic rings. The van der Waals surface area contributed by atoms with Gasteiger partial charge < -0.3 is 0 Å². The number of carbonyl (C=O) groups excluding carboxylic acids is 1. The Kier molecular flexibility index (Phi) is 11.2. The summed E-state index contributed by atoms with van der Waals surface area (Å²) in [5.74, 6) is -0.142. The molecule has 0 saturated carbocycles. The summed E-state index contributed by atoms with van der Waals surface area (Å²) in [6, 6.07) is 0. The molecule has 22 heavy (non-hydrogen) atoms. The Balaban J connectivity index is 4.59. The van der Waals surface area contributed by atoms with E-state index in [1.165, 1.54) is 0 Å². The Morgan fingerprint density at radius 3 is 2.00 bits per heavy atom. The van der Waals surface area contributed by atoms with Gasteiger partial charge in [0, 0.05) is 0 Å². The van der Waals surface area contributed by atoms with E-state index in [0.717, 1.165) is 24.6 Å². The van der Waals surface area contributed by atoms with Crippen molar-refractivity contribution in [3.63, 3.8) is 0 Å². The van der Waals surface area contributed by atoms with Crippen LogP contribution in [-0.2, 0) is 23.5 Å². The summed E-state index contributed by atoms with van der Waals surface area (Å²) >= 11 is 0. The van der Waals surface area contributed by atoms with Crippen LogP contribution in [0.3, 0.4) is 0 Å². The predicted molar refractivity (Wildman–Crippen MR) is 93.3 cm³/mol. The van der Waals surface area contributed by atoms with Crippen molar-refractivity contribution in [2.24, 2.45) is 0 Å². The van der Waals surface area contributed by atoms with Crippen LogP contribution in [0.4, 0.5) is 0 Å². The van der Waals surface area contributed by atoms with Crippen LogP contribution >= 0.6 is 6.83 Å². The molecular formula is C16H35O5P. The van der Waals surface area contributed by atoms with Gasteiger partial charge >= 0.3 is 135 Å². The molecule has 0 saturated heterocycles. The molecule has 6 heteroatoms. The van der Waals surface area contributed by atoms with Gasteiger partial charge in [0.2, 0.25) is 0 Å². The van der Waals surface area contributed by atoms with E-state index in [0.29, 0.717) is 39.5 Å². The first-order valence-corrected chi connectivity index (χ1v) is 11.3. The monoisotopic (exact) mass is 338 g/mol. The molecule has 0 aliphatic heterocycles. The van der Waals surface area contributed by atoms with Crippen molar-refractivity contribution in [2.75, 3.05) is 64.8 Å². The first-order valence-electron chi connectivity index (χ1n) is 8.39. The average Bonchev–Trinajstić information content (AvgIpc) is 2.54. The van der Waals surface area contributed by atoms with Crippen LogP contribution < -0.4 is 0 Å². The summed E-state index contributed by atoms with van der Waals surface area (Å²) in [5, 5.41) is 0. The normalized spacial score (nSPS) is 13.6. The molecule has 0 aliphatic carbocycles. The maximum absolute atomic E-state index is 12.3. The van der Waals surface area contributed by atoms with E-state index >= 15 is 0 Å². The number of hydrogen-bond donors (Lipinski definition) is 0. The fraction of sp³-hybridized carbons (Fsp3) is 0.938. The number of rotatable bonds is 14. The van der Waals surface area contributed by atoms with Crippen LogP contribution in [0.2, 0.25) is 0 Å². The summed E-state index contributed by atoms with van der Waals surface area (Å²) in [7, 11) is 1.63. The molecule has 0 rings (SSSR count). The Hall–Kier alpha value is -0.220. The van der Waals surface area contributed by atoms with Crippen molar-refractivity contribution in [3.8, 4) is 0 Å².